The minimum Gasteiger partial charge on any atom is -0.494 e. The van der Waals surface area contributed by atoms with Gasteiger partial charge >= 0.3 is 12.1 Å². The van der Waals surface area contributed by atoms with E-state index >= 15 is 0 Å². The van der Waals surface area contributed by atoms with Gasteiger partial charge in [-0.15, -0.1) is 0 Å². The second kappa shape index (κ2) is 11.1. The number of likely N-dealkylation sites (N-methyl/N-ethyl adjacent to an activating group) is 1. The predicted octanol–water partition coefficient (Wildman–Crippen LogP) is 3.57. The van der Waals surface area contributed by atoms with Gasteiger partial charge in [-0.25, -0.2) is 9.18 Å². The lowest BCUT2D eigenvalue weighted by Crippen LogP contribution is -2.45. The number of nitrogens with one attached hydrogen (secondary N) is 2. The van der Waals surface area contributed by atoms with Gasteiger partial charge in [-0.05, 0) is 55.8 Å². The summed E-state index contributed by atoms with van der Waals surface area (Å²) in [6.07, 6.45) is -4.62. The number of carbonyl (C=O) groups is 2. The van der Waals surface area contributed by atoms with Gasteiger partial charge in [0.05, 0.1) is 19.2 Å². The first-order valence-corrected chi connectivity index (χ1v) is 12.2. The van der Waals surface area contributed by atoms with E-state index in [1.54, 1.807) is 12.1 Å². The molecule has 8 nitrogen and oxygen atoms in total. The van der Waals surface area contributed by atoms with E-state index in [0.717, 1.165) is 13.1 Å². The smallest absolute Gasteiger partial charge is 0.490 e. The molecule has 0 radical (unpaired) electrons. The number of nitrogens with zero attached hydrogens (tertiary/aromatic N) is 2. The van der Waals surface area contributed by atoms with Gasteiger partial charge in [0, 0.05) is 44.1 Å². The molecule has 12 heteroatoms. The fourth-order valence-electron chi connectivity index (χ4n) is 4.22. The summed E-state index contributed by atoms with van der Waals surface area (Å²) in [5, 5.41) is 5.83. The molecule has 2 fully saturated rings. The molecule has 1 aliphatic heterocycles. The van der Waals surface area contributed by atoms with Crippen LogP contribution in [0.15, 0.2) is 36.4 Å². The minimum atomic E-state index is -5.10. The highest BCUT2D eigenvalue weighted by Gasteiger charge is 2.52. The number of carbonyl (C=O) groups excluding carboxylic acids is 2. The number of piperazine rings is 1. The molecule has 0 unspecified atom stereocenters. The molecule has 206 valence electrons. The average molecular weight is 539 g/mol. The van der Waals surface area contributed by atoms with Crippen molar-refractivity contribution in [2.75, 3.05) is 57.1 Å². The van der Waals surface area contributed by atoms with Crippen LogP contribution in [0.25, 0.3) is 0 Å². The molecular weight excluding hydrogens is 508 g/mol. The summed E-state index contributed by atoms with van der Waals surface area (Å²) in [5.74, 6) is -3.10. The molecule has 1 amide bonds. The van der Waals surface area contributed by atoms with E-state index < -0.39 is 29.5 Å². The minimum absolute atomic E-state index is 0.138. The number of esters is 1. The fraction of sp³-hybridized carbons (Fsp3) is 0.462. The van der Waals surface area contributed by atoms with Crippen LogP contribution in [0.5, 0.6) is 5.75 Å². The zero-order valence-electron chi connectivity index (χ0n) is 21.2. The lowest BCUT2D eigenvalue weighted by molar-refractivity contribution is -0.206. The number of halogens is 4. The monoisotopic (exact) mass is 538 g/mol. The Balaban J connectivity index is 1.49. The average Bonchev–Trinajstić information content (AvgIpc) is 3.65. The Hall–Kier alpha value is -3.54. The van der Waals surface area contributed by atoms with E-state index in [4.69, 9.17) is 4.74 Å². The number of rotatable bonds is 9. The number of anilines is 2. The van der Waals surface area contributed by atoms with Gasteiger partial charge < -0.3 is 29.9 Å². The van der Waals surface area contributed by atoms with E-state index in [9.17, 15) is 27.2 Å². The zero-order valence-corrected chi connectivity index (χ0v) is 21.2. The maximum atomic E-state index is 14.1. The Labute approximate surface area is 217 Å². The van der Waals surface area contributed by atoms with Crippen LogP contribution < -0.4 is 20.3 Å². The second-order valence-electron chi connectivity index (χ2n) is 9.60. The van der Waals surface area contributed by atoms with Gasteiger partial charge in [0.25, 0.3) is 5.91 Å². The summed E-state index contributed by atoms with van der Waals surface area (Å²) in [6.45, 7) is 3.07. The number of ether oxygens (including phenoxy) is 2. The summed E-state index contributed by atoms with van der Waals surface area (Å²) >= 11 is 0. The molecule has 0 aromatic heterocycles. The van der Waals surface area contributed by atoms with Crippen molar-refractivity contribution in [3.63, 3.8) is 0 Å². The topological polar surface area (TPSA) is 83.1 Å². The summed E-state index contributed by atoms with van der Waals surface area (Å²) < 4.78 is 61.6. The molecule has 2 N–H and O–H groups in total. The van der Waals surface area contributed by atoms with E-state index in [1.165, 1.54) is 19.2 Å². The Morgan fingerprint density at radius 2 is 1.76 bits per heavy atom. The Morgan fingerprint density at radius 1 is 1.05 bits per heavy atom. The maximum absolute atomic E-state index is 14.1. The van der Waals surface area contributed by atoms with Crippen LogP contribution in [0.2, 0.25) is 0 Å². The first-order chi connectivity index (χ1) is 18.0. The zero-order chi connectivity index (χ0) is 27.5. The molecule has 2 aliphatic rings. The van der Waals surface area contributed by atoms with Crippen LogP contribution in [-0.4, -0.2) is 75.4 Å². The van der Waals surface area contributed by atoms with Crippen LogP contribution in [0.3, 0.4) is 0 Å². The number of alkyl halides is 3. The lowest BCUT2D eigenvalue weighted by Gasteiger charge is -2.35. The molecule has 1 heterocycles. The lowest BCUT2D eigenvalue weighted by atomic mass is 10.1. The first kappa shape index (κ1) is 27.5. The van der Waals surface area contributed by atoms with Crippen molar-refractivity contribution in [2.24, 2.45) is 0 Å². The van der Waals surface area contributed by atoms with E-state index in [-0.39, 0.29) is 31.7 Å². The van der Waals surface area contributed by atoms with Crippen molar-refractivity contribution < 1.29 is 36.6 Å². The Morgan fingerprint density at radius 3 is 2.37 bits per heavy atom. The van der Waals surface area contributed by atoms with Crippen molar-refractivity contribution >= 4 is 23.3 Å². The Kier molecular flexibility index (Phi) is 8.00. The number of methoxy groups -OCH3 is 1. The summed E-state index contributed by atoms with van der Waals surface area (Å²) in [6, 6.07) is 9.89. The molecule has 2 aromatic rings. The number of hydrogen-bond acceptors (Lipinski definition) is 7. The van der Waals surface area contributed by atoms with Crippen LogP contribution >= 0.6 is 0 Å². The summed E-state index contributed by atoms with van der Waals surface area (Å²) in [5.41, 5.74) is 0.950. The van der Waals surface area contributed by atoms with Gasteiger partial charge in [-0.2, -0.15) is 13.2 Å². The SMILES string of the molecule is COc1ccc(CNc2ccc(N3CCN(C)CC3)c(C(=O)NCC3(OC(=O)C(F)(F)F)CC3)c2)cc1F. The van der Waals surface area contributed by atoms with Crippen LogP contribution in [0, 0.1) is 5.82 Å². The van der Waals surface area contributed by atoms with E-state index in [2.05, 4.69) is 25.2 Å². The van der Waals surface area contributed by atoms with Crippen LogP contribution in [-0.2, 0) is 16.1 Å². The van der Waals surface area contributed by atoms with Crippen molar-refractivity contribution in [2.45, 2.75) is 31.2 Å². The number of amides is 1. The van der Waals surface area contributed by atoms with Crippen molar-refractivity contribution in [1.82, 2.24) is 10.2 Å². The van der Waals surface area contributed by atoms with Crippen LogP contribution in [0.1, 0.15) is 28.8 Å². The quantitative estimate of drug-likeness (QED) is 0.373. The van der Waals surface area contributed by atoms with Crippen molar-refractivity contribution in [1.29, 1.82) is 0 Å². The van der Waals surface area contributed by atoms with Crippen molar-refractivity contribution in [3.05, 3.63) is 53.3 Å². The largest absolute Gasteiger partial charge is 0.494 e. The molecule has 4 rings (SSSR count). The summed E-state index contributed by atoms with van der Waals surface area (Å²) in [7, 11) is 3.40. The standard InChI is InChI=1S/C26H30F4N4O4/c1-33-9-11-34(12-10-33)21-5-4-18(31-15-17-3-6-22(37-2)20(27)13-17)14-19(21)23(35)32-16-25(7-8-25)38-24(36)26(28,29)30/h3-6,13-14,31H,7-12,15-16H2,1-2H3,(H,32,35). The van der Waals surface area contributed by atoms with Gasteiger partial charge in [0.1, 0.15) is 5.60 Å². The first-order valence-electron chi connectivity index (χ1n) is 12.2. The number of hydrogen-bond donors (Lipinski definition) is 2. The van der Waals surface area contributed by atoms with Gasteiger partial charge in [-0.3, -0.25) is 4.79 Å². The molecule has 0 atom stereocenters. The predicted molar refractivity (Wildman–Crippen MR) is 133 cm³/mol. The molecule has 0 bridgehead atoms. The van der Waals surface area contributed by atoms with Gasteiger partial charge in [-0.1, -0.05) is 6.07 Å². The highest BCUT2D eigenvalue weighted by atomic mass is 19.4. The van der Waals surface area contributed by atoms with Gasteiger partial charge in [0.2, 0.25) is 0 Å². The highest BCUT2D eigenvalue weighted by Crippen LogP contribution is 2.40. The molecule has 38 heavy (non-hydrogen) atoms. The molecule has 1 saturated carbocycles. The molecule has 0 spiro atoms. The molecular formula is C26H30F4N4O4. The van der Waals surface area contributed by atoms with E-state index in [0.29, 0.717) is 35.6 Å². The fourth-order valence-corrected chi connectivity index (χ4v) is 4.22. The third-order valence-electron chi connectivity index (χ3n) is 6.72. The third kappa shape index (κ3) is 6.66. The third-order valence-corrected chi connectivity index (χ3v) is 6.72. The van der Waals surface area contributed by atoms with Crippen molar-refractivity contribution in [3.8, 4) is 5.75 Å². The van der Waals surface area contributed by atoms with E-state index in [1.807, 2.05) is 19.2 Å². The Bertz CT molecular complexity index is 1180. The highest BCUT2D eigenvalue weighted by molar-refractivity contribution is 6.01. The normalized spacial score (nSPS) is 17.1. The number of benzene rings is 2. The maximum Gasteiger partial charge on any atom is 0.490 e. The van der Waals surface area contributed by atoms with Crippen LogP contribution in [0.4, 0.5) is 28.9 Å². The van der Waals surface area contributed by atoms with Gasteiger partial charge in [0.15, 0.2) is 11.6 Å². The molecule has 1 saturated heterocycles. The molecule has 1 aliphatic carbocycles. The molecule has 2 aromatic carbocycles. The second-order valence-corrected chi connectivity index (χ2v) is 9.60. The summed E-state index contributed by atoms with van der Waals surface area (Å²) in [4.78, 5) is 28.8.